The Kier molecular flexibility index (Phi) is 3.43. The zero-order chi connectivity index (χ0) is 14.8. The Hall–Kier alpha value is -2.63. The summed E-state index contributed by atoms with van der Waals surface area (Å²) in [6, 6.07) is 9.07. The second kappa shape index (κ2) is 5.40. The second-order valence-electron chi connectivity index (χ2n) is 5.14. The summed E-state index contributed by atoms with van der Waals surface area (Å²) >= 11 is 0. The fraction of sp³-hybridized carbons (Fsp3) is 0.267. The Bertz CT molecular complexity index is 710. The predicted molar refractivity (Wildman–Crippen MR) is 79.7 cm³/mol. The number of aromatic nitrogens is 1. The van der Waals surface area contributed by atoms with Crippen molar-refractivity contribution in [3.8, 4) is 0 Å². The average Bonchev–Trinajstić information content (AvgIpc) is 3.27. The van der Waals surface area contributed by atoms with Crippen LogP contribution in [0.3, 0.4) is 0 Å². The summed E-state index contributed by atoms with van der Waals surface area (Å²) < 4.78 is 0. The third-order valence-corrected chi connectivity index (χ3v) is 3.33. The topological polar surface area (TPSA) is 97.1 Å². The van der Waals surface area contributed by atoms with Gasteiger partial charge in [0.25, 0.3) is 5.91 Å². The van der Waals surface area contributed by atoms with E-state index in [1.54, 1.807) is 12.1 Å². The molecule has 1 aliphatic rings. The number of nitrogens with zero attached hydrogens (tertiary/aromatic N) is 1. The van der Waals surface area contributed by atoms with E-state index < -0.39 is 0 Å². The molecular formula is C15H16N4O2. The zero-order valence-electron chi connectivity index (χ0n) is 11.4. The van der Waals surface area contributed by atoms with E-state index in [2.05, 4.69) is 15.6 Å². The fourth-order valence-electron chi connectivity index (χ4n) is 2.15. The van der Waals surface area contributed by atoms with Crippen molar-refractivity contribution in [3.05, 3.63) is 35.9 Å². The molecule has 0 bridgehead atoms. The van der Waals surface area contributed by atoms with E-state index in [0.717, 1.165) is 12.8 Å². The minimum absolute atomic E-state index is 0.0358. The van der Waals surface area contributed by atoms with Gasteiger partial charge in [-0.05, 0) is 25.0 Å². The van der Waals surface area contributed by atoms with Gasteiger partial charge in [-0.15, -0.1) is 0 Å². The number of carbonyl (C=O) groups is 2. The highest BCUT2D eigenvalue weighted by Gasteiger charge is 2.23. The van der Waals surface area contributed by atoms with E-state index in [1.165, 1.54) is 6.07 Å². The Morgan fingerprint density at radius 3 is 2.81 bits per heavy atom. The summed E-state index contributed by atoms with van der Waals surface area (Å²) in [4.78, 5) is 28.0. The summed E-state index contributed by atoms with van der Waals surface area (Å²) in [6.45, 7) is -0.0358. The van der Waals surface area contributed by atoms with Gasteiger partial charge in [0.2, 0.25) is 5.91 Å². The summed E-state index contributed by atoms with van der Waals surface area (Å²) in [5.74, 6) is -0.218. The first-order chi connectivity index (χ1) is 10.1. The van der Waals surface area contributed by atoms with Crippen molar-refractivity contribution in [3.63, 3.8) is 0 Å². The molecule has 2 aromatic rings. The highest BCUT2D eigenvalue weighted by molar-refractivity contribution is 6.07. The van der Waals surface area contributed by atoms with Gasteiger partial charge in [0, 0.05) is 11.4 Å². The molecule has 0 radical (unpaired) electrons. The lowest BCUT2D eigenvalue weighted by atomic mass is 10.1. The molecule has 0 atom stereocenters. The van der Waals surface area contributed by atoms with Gasteiger partial charge in [-0.2, -0.15) is 0 Å². The van der Waals surface area contributed by atoms with Crippen LogP contribution >= 0.6 is 0 Å². The predicted octanol–water partition coefficient (Wildman–Crippen LogP) is 0.825. The van der Waals surface area contributed by atoms with Gasteiger partial charge in [-0.1, -0.05) is 18.2 Å². The zero-order valence-corrected chi connectivity index (χ0v) is 11.4. The highest BCUT2D eigenvalue weighted by Crippen LogP contribution is 2.19. The van der Waals surface area contributed by atoms with Gasteiger partial charge in [0.05, 0.1) is 17.6 Å². The third kappa shape index (κ3) is 3.10. The lowest BCUT2D eigenvalue weighted by Crippen LogP contribution is -2.37. The monoisotopic (exact) mass is 284 g/mol. The molecule has 1 heterocycles. The molecule has 2 amide bonds. The molecular weight excluding hydrogens is 268 g/mol. The molecule has 0 saturated heterocycles. The van der Waals surface area contributed by atoms with E-state index in [0.29, 0.717) is 16.5 Å². The van der Waals surface area contributed by atoms with E-state index in [1.807, 2.05) is 12.1 Å². The molecule has 0 spiro atoms. The number of hydrogen-bond donors (Lipinski definition) is 3. The summed E-state index contributed by atoms with van der Waals surface area (Å²) in [5.41, 5.74) is 6.81. The Balaban J connectivity index is 1.75. The summed E-state index contributed by atoms with van der Waals surface area (Å²) in [7, 11) is 0. The van der Waals surface area contributed by atoms with Gasteiger partial charge in [0.1, 0.15) is 5.82 Å². The van der Waals surface area contributed by atoms with Crippen molar-refractivity contribution in [2.24, 2.45) is 0 Å². The Morgan fingerprint density at radius 2 is 2.05 bits per heavy atom. The first-order valence-corrected chi connectivity index (χ1v) is 6.86. The highest BCUT2D eigenvalue weighted by atomic mass is 16.2. The van der Waals surface area contributed by atoms with Crippen molar-refractivity contribution in [1.82, 2.24) is 15.6 Å². The van der Waals surface area contributed by atoms with Crippen molar-refractivity contribution in [2.75, 3.05) is 12.3 Å². The molecule has 1 aromatic carbocycles. The van der Waals surface area contributed by atoms with Gasteiger partial charge < -0.3 is 16.4 Å². The number of carbonyl (C=O) groups excluding carboxylic acids is 2. The smallest absolute Gasteiger partial charge is 0.252 e. The number of para-hydroxylation sites is 1. The van der Waals surface area contributed by atoms with Crippen LogP contribution in [0.1, 0.15) is 23.2 Å². The normalized spacial score (nSPS) is 13.9. The van der Waals surface area contributed by atoms with Crippen LogP contribution in [-0.4, -0.2) is 29.4 Å². The number of anilines is 1. The number of rotatable bonds is 4. The van der Waals surface area contributed by atoms with Gasteiger partial charge in [-0.25, -0.2) is 4.98 Å². The number of amides is 2. The maximum absolute atomic E-state index is 12.2. The molecule has 1 aliphatic carbocycles. The van der Waals surface area contributed by atoms with Crippen LogP contribution < -0.4 is 16.4 Å². The molecule has 1 aromatic heterocycles. The molecule has 4 N–H and O–H groups in total. The largest absolute Gasteiger partial charge is 0.384 e. The first-order valence-electron chi connectivity index (χ1n) is 6.86. The van der Waals surface area contributed by atoms with Crippen molar-refractivity contribution in [1.29, 1.82) is 0 Å². The van der Waals surface area contributed by atoms with Crippen LogP contribution in [0.2, 0.25) is 0 Å². The van der Waals surface area contributed by atoms with Crippen molar-refractivity contribution >= 4 is 28.5 Å². The van der Waals surface area contributed by atoms with Crippen LogP contribution in [0.25, 0.3) is 10.9 Å². The Labute approximate surface area is 121 Å². The van der Waals surface area contributed by atoms with Crippen LogP contribution in [0, 0.1) is 0 Å². The van der Waals surface area contributed by atoms with Crippen LogP contribution in [0.15, 0.2) is 30.3 Å². The maximum atomic E-state index is 12.2. The van der Waals surface area contributed by atoms with Gasteiger partial charge in [-0.3, -0.25) is 9.59 Å². The number of nitrogens with one attached hydrogen (secondary N) is 2. The average molecular weight is 284 g/mol. The van der Waals surface area contributed by atoms with Crippen molar-refractivity contribution in [2.45, 2.75) is 18.9 Å². The molecule has 0 unspecified atom stereocenters. The Morgan fingerprint density at radius 1 is 1.29 bits per heavy atom. The lowest BCUT2D eigenvalue weighted by molar-refractivity contribution is -0.120. The van der Waals surface area contributed by atoms with E-state index in [4.69, 9.17) is 5.73 Å². The molecule has 1 saturated carbocycles. The quantitative estimate of drug-likeness (QED) is 0.774. The minimum Gasteiger partial charge on any atom is -0.384 e. The second-order valence-corrected chi connectivity index (χ2v) is 5.14. The molecule has 6 nitrogen and oxygen atoms in total. The third-order valence-electron chi connectivity index (χ3n) is 3.33. The fourth-order valence-corrected chi connectivity index (χ4v) is 2.15. The molecule has 6 heteroatoms. The number of benzene rings is 1. The summed E-state index contributed by atoms with van der Waals surface area (Å²) in [5, 5.41) is 6.15. The number of fused-ring (bicyclic) bond motifs is 1. The van der Waals surface area contributed by atoms with Gasteiger partial charge in [0.15, 0.2) is 0 Å². The minimum atomic E-state index is -0.328. The van der Waals surface area contributed by atoms with Crippen LogP contribution in [0.4, 0.5) is 5.82 Å². The van der Waals surface area contributed by atoms with E-state index >= 15 is 0 Å². The molecule has 108 valence electrons. The van der Waals surface area contributed by atoms with Gasteiger partial charge >= 0.3 is 0 Å². The number of nitrogens with two attached hydrogens (primary N) is 1. The number of hydrogen-bond acceptors (Lipinski definition) is 4. The molecule has 1 fully saturated rings. The summed E-state index contributed by atoms with van der Waals surface area (Å²) in [6.07, 6.45) is 2.04. The number of nitrogen functional groups attached to an aromatic ring is 1. The molecule has 21 heavy (non-hydrogen) atoms. The molecule has 0 aliphatic heterocycles. The SMILES string of the molecule is Nc1cc(C(=O)NCC(=O)NC2CC2)c2ccccc2n1. The first kappa shape index (κ1) is 13.4. The van der Waals surface area contributed by atoms with Crippen LogP contribution in [-0.2, 0) is 4.79 Å². The maximum Gasteiger partial charge on any atom is 0.252 e. The lowest BCUT2D eigenvalue weighted by Gasteiger charge is -2.09. The van der Waals surface area contributed by atoms with Crippen LogP contribution in [0.5, 0.6) is 0 Å². The van der Waals surface area contributed by atoms with Crippen molar-refractivity contribution < 1.29 is 9.59 Å². The number of pyridine rings is 1. The standard InChI is InChI=1S/C15H16N4O2/c16-13-7-11(10-3-1-2-4-12(10)19-13)15(21)17-8-14(20)18-9-5-6-9/h1-4,7,9H,5-6,8H2,(H2,16,19)(H,17,21)(H,18,20). The van der Waals surface area contributed by atoms with E-state index in [9.17, 15) is 9.59 Å². The molecule has 3 rings (SSSR count). The van der Waals surface area contributed by atoms with E-state index in [-0.39, 0.29) is 30.2 Å².